The van der Waals surface area contributed by atoms with Gasteiger partial charge in [-0.2, -0.15) is 0 Å². The van der Waals surface area contributed by atoms with Crippen molar-refractivity contribution in [3.8, 4) is 0 Å². The molecule has 9 heteroatoms. The fourth-order valence-electron chi connectivity index (χ4n) is 3.90. The molecule has 0 aliphatic carbocycles. The number of anilines is 1. The van der Waals surface area contributed by atoms with Crippen LogP contribution in [0.1, 0.15) is 10.4 Å². The molecule has 0 atom stereocenters. The van der Waals surface area contributed by atoms with Crippen molar-refractivity contribution >= 4 is 67.3 Å². The summed E-state index contributed by atoms with van der Waals surface area (Å²) in [5, 5.41) is 3.07. The maximum Gasteiger partial charge on any atom is 0.237 e. The van der Waals surface area contributed by atoms with Crippen LogP contribution in [0.15, 0.2) is 42.7 Å². The number of piperazine rings is 1. The minimum atomic E-state index is 0.121. The maximum absolute atomic E-state index is 12.8. The molecule has 1 aliphatic heterocycles. The molecule has 6 nitrogen and oxygen atoms in total. The predicted molar refractivity (Wildman–Crippen MR) is 126 cm³/mol. The molecule has 2 aromatic heterocycles. The highest BCUT2D eigenvalue weighted by molar-refractivity contribution is 7.19. The van der Waals surface area contributed by atoms with Crippen LogP contribution in [-0.2, 0) is 17.9 Å². The minimum absolute atomic E-state index is 0.121. The molecule has 4 aromatic rings. The predicted octanol–water partition coefficient (Wildman–Crippen LogP) is 4.58. The zero-order chi connectivity index (χ0) is 21.5. The van der Waals surface area contributed by atoms with Crippen LogP contribution in [0.4, 0.5) is 5.82 Å². The second-order valence-corrected chi connectivity index (χ2v) is 9.55. The number of hydrogen-bond donors (Lipinski definition) is 1. The normalized spacial score (nSPS) is 15.3. The quantitative estimate of drug-likeness (QED) is 0.471. The Morgan fingerprint density at radius 2 is 1.94 bits per heavy atom. The monoisotopic (exact) mass is 471 g/mol. The molecule has 1 aliphatic rings. The van der Waals surface area contributed by atoms with E-state index in [0.717, 1.165) is 39.6 Å². The van der Waals surface area contributed by atoms with Gasteiger partial charge in [0.15, 0.2) is 0 Å². The number of hydrogen-bond acceptors (Lipinski definition) is 6. The smallest absolute Gasteiger partial charge is 0.237 e. The minimum Gasteiger partial charge on any atom is -0.383 e. The third-order valence-corrected chi connectivity index (χ3v) is 7.58. The van der Waals surface area contributed by atoms with Crippen molar-refractivity contribution in [1.29, 1.82) is 0 Å². The number of halogens is 2. The molecule has 0 bridgehead atoms. The summed E-state index contributed by atoms with van der Waals surface area (Å²) in [7, 11) is 0. The summed E-state index contributed by atoms with van der Waals surface area (Å²) in [5.41, 5.74) is 7.72. The molecule has 2 N–H and O–H groups in total. The van der Waals surface area contributed by atoms with Gasteiger partial charge in [-0.1, -0.05) is 35.3 Å². The average Bonchev–Trinajstić information content (AvgIpc) is 3.16. The van der Waals surface area contributed by atoms with E-state index >= 15 is 0 Å². The van der Waals surface area contributed by atoms with Gasteiger partial charge >= 0.3 is 0 Å². The Morgan fingerprint density at radius 3 is 2.77 bits per heavy atom. The van der Waals surface area contributed by atoms with E-state index in [-0.39, 0.29) is 5.91 Å². The zero-order valence-corrected chi connectivity index (χ0v) is 18.8. The van der Waals surface area contributed by atoms with Gasteiger partial charge in [0.1, 0.15) is 12.1 Å². The summed E-state index contributed by atoms with van der Waals surface area (Å²) in [6, 6.07) is 11.8. The number of nitrogen functional groups attached to an aromatic ring is 1. The molecule has 1 amide bonds. The Balaban J connectivity index is 1.25. The summed E-state index contributed by atoms with van der Waals surface area (Å²) < 4.78 is 0.995. The Labute approximate surface area is 193 Å². The fourth-order valence-corrected chi connectivity index (χ4v) is 5.54. The summed E-state index contributed by atoms with van der Waals surface area (Å²) in [6.45, 7) is 3.17. The molecule has 0 radical (unpaired) electrons. The van der Waals surface area contributed by atoms with Crippen molar-refractivity contribution in [1.82, 2.24) is 19.8 Å². The third-order valence-electron chi connectivity index (χ3n) is 5.51. The van der Waals surface area contributed by atoms with E-state index in [2.05, 4.69) is 20.9 Å². The maximum atomic E-state index is 12.8. The molecule has 31 heavy (non-hydrogen) atoms. The van der Waals surface area contributed by atoms with Gasteiger partial charge in [0.2, 0.25) is 5.91 Å². The number of amides is 1. The average molecular weight is 472 g/mol. The van der Waals surface area contributed by atoms with Crippen LogP contribution in [0.2, 0.25) is 10.0 Å². The first-order valence-electron chi connectivity index (χ1n) is 9.83. The van der Waals surface area contributed by atoms with E-state index in [9.17, 15) is 4.79 Å². The largest absolute Gasteiger partial charge is 0.383 e. The second kappa shape index (κ2) is 8.24. The van der Waals surface area contributed by atoms with Crippen LogP contribution >= 0.6 is 34.5 Å². The first-order valence-corrected chi connectivity index (χ1v) is 11.4. The van der Waals surface area contributed by atoms with Gasteiger partial charge in [-0.25, -0.2) is 9.97 Å². The SMILES string of the molecule is Nc1ncnc2cc(CN3CCN(Cc4cc5ccc(Cl)c(Cl)c5s4)CC3=O)ccc12. The number of carbonyl (C=O) groups is 1. The lowest BCUT2D eigenvalue weighted by Gasteiger charge is -2.34. The van der Waals surface area contributed by atoms with Gasteiger partial charge in [-0.3, -0.25) is 9.69 Å². The standard InChI is InChI=1S/C22H19Cl2N5OS/c23-17-4-2-14-8-15(31-21(14)20(17)24)10-28-5-6-29(19(30)11-28)9-13-1-3-16-18(7-13)26-12-27-22(16)25/h1-4,7-8,12H,5-6,9-11H2,(H2,25,26,27). The van der Waals surface area contributed by atoms with E-state index in [1.807, 2.05) is 35.2 Å². The topological polar surface area (TPSA) is 75.3 Å². The molecule has 1 saturated heterocycles. The van der Waals surface area contributed by atoms with Gasteiger partial charge in [0.25, 0.3) is 0 Å². The van der Waals surface area contributed by atoms with Crippen molar-refractivity contribution in [3.63, 3.8) is 0 Å². The number of rotatable bonds is 4. The second-order valence-electron chi connectivity index (χ2n) is 7.63. The molecule has 0 unspecified atom stereocenters. The number of carbonyl (C=O) groups excluding carboxylic acids is 1. The van der Waals surface area contributed by atoms with Gasteiger partial charge in [0.05, 0.1) is 26.8 Å². The highest BCUT2D eigenvalue weighted by Crippen LogP contribution is 2.37. The molecular formula is C22H19Cl2N5OS. The Kier molecular flexibility index (Phi) is 5.44. The number of nitrogens with two attached hydrogens (primary N) is 1. The van der Waals surface area contributed by atoms with E-state index in [4.69, 9.17) is 28.9 Å². The first kappa shape index (κ1) is 20.5. The summed E-state index contributed by atoms with van der Waals surface area (Å²) in [6.07, 6.45) is 1.46. The number of thiophene rings is 1. The number of aromatic nitrogens is 2. The van der Waals surface area contributed by atoms with Crippen LogP contribution in [0.5, 0.6) is 0 Å². The first-order chi connectivity index (χ1) is 15.0. The summed E-state index contributed by atoms with van der Waals surface area (Å²) >= 11 is 14.1. The van der Waals surface area contributed by atoms with Crippen molar-refractivity contribution in [3.05, 3.63) is 63.2 Å². The Bertz CT molecular complexity index is 1310. The number of benzene rings is 2. The van der Waals surface area contributed by atoms with Crippen LogP contribution < -0.4 is 5.73 Å². The highest BCUT2D eigenvalue weighted by atomic mass is 35.5. The van der Waals surface area contributed by atoms with E-state index in [0.29, 0.717) is 35.5 Å². The number of fused-ring (bicyclic) bond motifs is 2. The summed E-state index contributed by atoms with van der Waals surface area (Å²) in [5.74, 6) is 0.585. The van der Waals surface area contributed by atoms with Gasteiger partial charge < -0.3 is 10.6 Å². The van der Waals surface area contributed by atoms with E-state index in [1.54, 1.807) is 11.3 Å². The molecule has 158 valence electrons. The Hall–Kier alpha value is -2.45. The fraction of sp³-hybridized carbons (Fsp3) is 0.227. The molecular weight excluding hydrogens is 453 g/mol. The van der Waals surface area contributed by atoms with Crippen LogP contribution in [0.3, 0.4) is 0 Å². The molecule has 1 fully saturated rings. The molecule has 2 aromatic carbocycles. The van der Waals surface area contributed by atoms with Crippen LogP contribution in [0.25, 0.3) is 21.0 Å². The molecule has 3 heterocycles. The van der Waals surface area contributed by atoms with Crippen molar-refractivity contribution < 1.29 is 4.79 Å². The van der Waals surface area contributed by atoms with Gasteiger partial charge in [-0.15, -0.1) is 11.3 Å². The van der Waals surface area contributed by atoms with Crippen molar-refractivity contribution in [2.24, 2.45) is 0 Å². The summed E-state index contributed by atoms with van der Waals surface area (Å²) in [4.78, 5) is 26.3. The van der Waals surface area contributed by atoms with Gasteiger partial charge in [0, 0.05) is 36.4 Å². The Morgan fingerprint density at radius 1 is 1.06 bits per heavy atom. The highest BCUT2D eigenvalue weighted by Gasteiger charge is 2.24. The molecule has 0 spiro atoms. The van der Waals surface area contributed by atoms with E-state index < -0.39 is 0 Å². The van der Waals surface area contributed by atoms with E-state index in [1.165, 1.54) is 11.2 Å². The van der Waals surface area contributed by atoms with Gasteiger partial charge in [-0.05, 0) is 35.2 Å². The van der Waals surface area contributed by atoms with Crippen LogP contribution in [0, 0.1) is 0 Å². The lowest BCUT2D eigenvalue weighted by molar-refractivity contribution is -0.136. The third kappa shape index (κ3) is 4.06. The molecule has 0 saturated carbocycles. The zero-order valence-electron chi connectivity index (χ0n) is 16.5. The number of nitrogens with zero attached hydrogens (tertiary/aromatic N) is 4. The van der Waals surface area contributed by atoms with Crippen molar-refractivity contribution in [2.45, 2.75) is 13.1 Å². The lowest BCUT2D eigenvalue weighted by Crippen LogP contribution is -2.49. The lowest BCUT2D eigenvalue weighted by atomic mass is 10.1. The molecule has 5 rings (SSSR count). The van der Waals surface area contributed by atoms with Crippen LogP contribution in [-0.4, -0.2) is 45.3 Å². The van der Waals surface area contributed by atoms with Crippen molar-refractivity contribution in [2.75, 3.05) is 25.4 Å².